The number of ether oxygens (including phenoxy) is 1. The first-order chi connectivity index (χ1) is 12.2. The lowest BCUT2D eigenvalue weighted by Crippen LogP contribution is -2.31. The summed E-state index contributed by atoms with van der Waals surface area (Å²) in [5.41, 5.74) is 4.79. The van der Waals surface area contributed by atoms with Gasteiger partial charge in [0.05, 0.1) is 5.92 Å². The molecule has 1 aliphatic heterocycles. The van der Waals surface area contributed by atoms with Gasteiger partial charge in [0.2, 0.25) is 0 Å². The van der Waals surface area contributed by atoms with E-state index < -0.39 is 0 Å². The predicted molar refractivity (Wildman–Crippen MR) is 99.7 cm³/mol. The van der Waals surface area contributed by atoms with Gasteiger partial charge in [-0.3, -0.25) is 4.79 Å². The third-order valence-corrected chi connectivity index (χ3v) is 5.22. The molecular formula is C23H22O2. The number of benzene rings is 2. The van der Waals surface area contributed by atoms with Gasteiger partial charge in [-0.05, 0) is 47.6 Å². The van der Waals surface area contributed by atoms with Crippen molar-refractivity contribution in [2.45, 2.75) is 32.1 Å². The Kier molecular flexibility index (Phi) is 4.27. The second-order valence-electron chi connectivity index (χ2n) is 6.89. The van der Waals surface area contributed by atoms with E-state index in [-0.39, 0.29) is 17.8 Å². The van der Waals surface area contributed by atoms with Crippen LogP contribution >= 0.6 is 0 Å². The molecule has 0 saturated heterocycles. The largest absolute Gasteiger partial charge is 0.426 e. The van der Waals surface area contributed by atoms with Crippen LogP contribution in [0.5, 0.6) is 0 Å². The van der Waals surface area contributed by atoms with Gasteiger partial charge in [0.1, 0.15) is 5.76 Å². The van der Waals surface area contributed by atoms with Crippen molar-refractivity contribution in [1.82, 2.24) is 0 Å². The molecule has 25 heavy (non-hydrogen) atoms. The van der Waals surface area contributed by atoms with Crippen molar-refractivity contribution in [3.05, 3.63) is 88.7 Å². The molecule has 1 aliphatic carbocycles. The summed E-state index contributed by atoms with van der Waals surface area (Å²) in [6, 6.07) is 20.6. The van der Waals surface area contributed by atoms with Gasteiger partial charge in [0.25, 0.3) is 0 Å². The van der Waals surface area contributed by atoms with Crippen LogP contribution in [0.25, 0.3) is 6.08 Å². The van der Waals surface area contributed by atoms with E-state index in [0.29, 0.717) is 0 Å². The fourth-order valence-corrected chi connectivity index (χ4v) is 4.00. The Morgan fingerprint density at radius 2 is 1.64 bits per heavy atom. The average Bonchev–Trinajstić information content (AvgIpc) is 2.65. The Morgan fingerprint density at radius 1 is 0.960 bits per heavy atom. The minimum atomic E-state index is -0.141. The van der Waals surface area contributed by atoms with E-state index in [1.807, 2.05) is 43.3 Å². The van der Waals surface area contributed by atoms with Crippen LogP contribution in [0.2, 0.25) is 0 Å². The maximum Gasteiger partial charge on any atom is 0.315 e. The molecule has 0 N–H and O–H groups in total. The third-order valence-electron chi connectivity index (χ3n) is 5.22. The van der Waals surface area contributed by atoms with Crippen LogP contribution in [-0.2, 0) is 9.53 Å². The molecule has 2 nitrogen and oxygen atoms in total. The first-order valence-corrected chi connectivity index (χ1v) is 8.99. The Labute approximate surface area is 148 Å². The Balaban J connectivity index is 1.81. The van der Waals surface area contributed by atoms with Crippen molar-refractivity contribution in [2.75, 3.05) is 0 Å². The SMILES string of the molecule is CC1C(=O)OC2=C(CCC/C2=C/c2ccccc2)C1c1ccccc1. The summed E-state index contributed by atoms with van der Waals surface area (Å²) in [5.74, 6) is 0.690. The molecule has 0 amide bonds. The van der Waals surface area contributed by atoms with Gasteiger partial charge in [-0.1, -0.05) is 67.6 Å². The van der Waals surface area contributed by atoms with Crippen LogP contribution in [0.4, 0.5) is 0 Å². The molecule has 2 unspecified atom stereocenters. The summed E-state index contributed by atoms with van der Waals surface area (Å²) >= 11 is 0. The molecule has 2 aliphatic rings. The van der Waals surface area contributed by atoms with Crippen LogP contribution in [-0.4, -0.2) is 5.97 Å². The Bertz CT molecular complexity index is 831. The molecular weight excluding hydrogens is 308 g/mol. The van der Waals surface area contributed by atoms with Gasteiger partial charge in [-0.15, -0.1) is 0 Å². The zero-order valence-corrected chi connectivity index (χ0v) is 14.4. The maximum absolute atomic E-state index is 12.5. The Morgan fingerprint density at radius 3 is 2.36 bits per heavy atom. The quantitative estimate of drug-likeness (QED) is 0.681. The topological polar surface area (TPSA) is 26.3 Å². The molecule has 126 valence electrons. The van der Waals surface area contributed by atoms with Crippen LogP contribution in [0.3, 0.4) is 0 Å². The second kappa shape index (κ2) is 6.72. The van der Waals surface area contributed by atoms with Crippen molar-refractivity contribution in [1.29, 1.82) is 0 Å². The van der Waals surface area contributed by atoms with E-state index in [2.05, 4.69) is 30.3 Å². The number of allylic oxidation sites excluding steroid dienone is 2. The molecule has 0 bridgehead atoms. The second-order valence-corrected chi connectivity index (χ2v) is 6.89. The lowest BCUT2D eigenvalue weighted by atomic mass is 9.74. The molecule has 0 fully saturated rings. The van der Waals surface area contributed by atoms with Gasteiger partial charge in [-0.2, -0.15) is 0 Å². The normalized spacial score (nSPS) is 24.8. The summed E-state index contributed by atoms with van der Waals surface area (Å²) in [6.07, 6.45) is 5.22. The van der Waals surface area contributed by atoms with Gasteiger partial charge in [0, 0.05) is 5.92 Å². The van der Waals surface area contributed by atoms with Crippen LogP contribution in [0.1, 0.15) is 43.2 Å². The molecule has 2 heteroatoms. The lowest BCUT2D eigenvalue weighted by molar-refractivity contribution is -0.145. The third kappa shape index (κ3) is 3.05. The van der Waals surface area contributed by atoms with E-state index in [4.69, 9.17) is 4.74 Å². The molecule has 1 heterocycles. The fourth-order valence-electron chi connectivity index (χ4n) is 4.00. The van der Waals surface area contributed by atoms with Crippen molar-refractivity contribution in [2.24, 2.45) is 5.92 Å². The summed E-state index contributed by atoms with van der Waals surface area (Å²) in [7, 11) is 0. The fraction of sp³-hybridized carbons (Fsp3) is 0.261. The number of hydrogen-bond donors (Lipinski definition) is 0. The summed E-state index contributed by atoms with van der Waals surface area (Å²) in [5, 5.41) is 0. The standard InChI is InChI=1S/C23H22O2/c1-16-21(18-11-6-3-7-12-18)20-14-8-13-19(22(20)25-23(16)24)15-17-9-4-2-5-10-17/h2-7,9-12,15-16,21H,8,13-14H2,1H3/b19-15-. The predicted octanol–water partition coefficient (Wildman–Crippen LogP) is 5.48. The highest BCUT2D eigenvalue weighted by Gasteiger charge is 2.39. The molecule has 2 atom stereocenters. The van der Waals surface area contributed by atoms with Crippen LogP contribution in [0.15, 0.2) is 77.6 Å². The highest BCUT2D eigenvalue weighted by Crippen LogP contribution is 2.46. The Hall–Kier alpha value is -2.61. The van der Waals surface area contributed by atoms with E-state index >= 15 is 0 Å². The average molecular weight is 330 g/mol. The van der Waals surface area contributed by atoms with Crippen molar-refractivity contribution < 1.29 is 9.53 Å². The smallest absolute Gasteiger partial charge is 0.315 e. The molecule has 0 saturated carbocycles. The number of hydrogen-bond acceptors (Lipinski definition) is 2. The minimum Gasteiger partial charge on any atom is -0.426 e. The molecule has 2 aromatic rings. The highest BCUT2D eigenvalue weighted by atomic mass is 16.5. The van der Waals surface area contributed by atoms with E-state index in [1.54, 1.807) is 0 Å². The molecule has 0 radical (unpaired) electrons. The molecule has 0 aromatic heterocycles. The maximum atomic E-state index is 12.5. The van der Waals surface area contributed by atoms with Crippen molar-refractivity contribution in [3.63, 3.8) is 0 Å². The number of carbonyl (C=O) groups excluding carboxylic acids is 1. The monoisotopic (exact) mass is 330 g/mol. The van der Waals surface area contributed by atoms with E-state index in [0.717, 1.165) is 36.2 Å². The number of rotatable bonds is 2. The van der Waals surface area contributed by atoms with Gasteiger partial charge >= 0.3 is 5.97 Å². The van der Waals surface area contributed by atoms with Crippen molar-refractivity contribution >= 4 is 12.0 Å². The molecule has 4 rings (SSSR count). The molecule has 0 spiro atoms. The van der Waals surface area contributed by atoms with E-state index in [1.165, 1.54) is 11.1 Å². The van der Waals surface area contributed by atoms with Gasteiger partial charge < -0.3 is 4.74 Å². The van der Waals surface area contributed by atoms with Crippen LogP contribution in [0, 0.1) is 5.92 Å². The zero-order chi connectivity index (χ0) is 17.2. The van der Waals surface area contributed by atoms with Crippen molar-refractivity contribution in [3.8, 4) is 0 Å². The molecule has 2 aromatic carbocycles. The summed E-state index contributed by atoms with van der Waals surface area (Å²) < 4.78 is 5.81. The number of carbonyl (C=O) groups is 1. The summed E-state index contributed by atoms with van der Waals surface area (Å²) in [4.78, 5) is 12.5. The minimum absolute atomic E-state index is 0.117. The van der Waals surface area contributed by atoms with Gasteiger partial charge in [0.15, 0.2) is 0 Å². The summed E-state index contributed by atoms with van der Waals surface area (Å²) in [6.45, 7) is 1.99. The highest BCUT2D eigenvalue weighted by molar-refractivity contribution is 5.79. The lowest BCUT2D eigenvalue weighted by Gasteiger charge is -2.36. The zero-order valence-electron chi connectivity index (χ0n) is 14.4. The van der Waals surface area contributed by atoms with E-state index in [9.17, 15) is 4.79 Å². The first kappa shape index (κ1) is 15.9. The number of esters is 1. The van der Waals surface area contributed by atoms with Gasteiger partial charge in [-0.25, -0.2) is 0 Å². The first-order valence-electron chi connectivity index (χ1n) is 8.99. The van der Waals surface area contributed by atoms with Crippen LogP contribution < -0.4 is 0 Å².